The molecule has 0 amide bonds. The quantitative estimate of drug-likeness (QED) is 0.557. The number of hydrogen-bond donors (Lipinski definition) is 2. The first kappa shape index (κ1) is 8.36. The maximum absolute atomic E-state index is 10.3. The van der Waals surface area contributed by atoms with Crippen LogP contribution >= 0.6 is 0 Å². The van der Waals surface area contributed by atoms with Crippen molar-refractivity contribution in [2.24, 2.45) is 5.73 Å². The van der Waals surface area contributed by atoms with Crippen LogP contribution in [0.5, 0.6) is 0 Å². The van der Waals surface area contributed by atoms with E-state index in [9.17, 15) is 4.79 Å². The van der Waals surface area contributed by atoms with E-state index in [0.29, 0.717) is 13.0 Å². The lowest BCUT2D eigenvalue weighted by Crippen LogP contribution is -2.33. The highest BCUT2D eigenvalue weighted by Crippen LogP contribution is 2.15. The Morgan fingerprint density at radius 2 is 2.64 bits per heavy atom. The highest BCUT2D eigenvalue weighted by atomic mass is 16.5. The zero-order chi connectivity index (χ0) is 8.27. The third-order valence-corrected chi connectivity index (χ3v) is 1.71. The summed E-state index contributed by atoms with van der Waals surface area (Å²) in [6, 6.07) is -0.786. The van der Waals surface area contributed by atoms with Gasteiger partial charge in [-0.3, -0.25) is 4.79 Å². The average molecular weight is 158 g/mol. The Hall–Kier alpha value is -0.740. The Bertz CT molecular complexity index is 143. The molecule has 0 aromatic rings. The molecule has 0 aliphatic carbocycles. The van der Waals surface area contributed by atoms with E-state index >= 15 is 0 Å². The minimum absolute atomic E-state index is 0.0149. The molecule has 0 saturated carbocycles. The van der Waals surface area contributed by atoms with Crippen molar-refractivity contribution in [3.8, 4) is 0 Å². The van der Waals surface area contributed by atoms with Gasteiger partial charge in [-0.2, -0.15) is 0 Å². The molecule has 0 radical (unpaired) electrons. The Kier molecular flexibility index (Phi) is 2.73. The van der Waals surface area contributed by atoms with E-state index in [-0.39, 0.29) is 6.10 Å². The van der Waals surface area contributed by atoms with E-state index in [0.717, 1.165) is 6.42 Å². The molecule has 0 aromatic carbocycles. The second kappa shape index (κ2) is 3.59. The molecule has 11 heavy (non-hydrogen) atoms. The van der Waals surface area contributed by atoms with Gasteiger partial charge >= 0.3 is 5.97 Å². The Balaban J connectivity index is 2.23. The summed E-state index contributed by atoms with van der Waals surface area (Å²) >= 11 is 0. The van der Waals surface area contributed by atoms with Crippen LogP contribution in [0.2, 0.25) is 0 Å². The lowest BCUT2D eigenvalue weighted by molar-refractivity contribution is -0.139. The fourth-order valence-electron chi connectivity index (χ4n) is 1.07. The number of carboxylic acids is 1. The van der Waals surface area contributed by atoms with E-state index < -0.39 is 12.0 Å². The third-order valence-electron chi connectivity index (χ3n) is 1.71. The van der Waals surface area contributed by atoms with Gasteiger partial charge in [0.15, 0.2) is 6.61 Å². The number of carboxylic acid groups (broad SMARTS) is 1. The van der Waals surface area contributed by atoms with Crippen molar-refractivity contribution < 1.29 is 14.6 Å². The number of carbonyl (C=O) groups is 1. The average Bonchev–Trinajstić information content (AvgIpc) is 2.39. The third kappa shape index (κ3) is 2.40. The van der Waals surface area contributed by atoms with Gasteiger partial charge in [-0.05, 0) is 0 Å². The normalized spacial score (nSPS) is 26.1. The second-order valence-corrected chi connectivity index (χ2v) is 2.66. The van der Waals surface area contributed by atoms with Gasteiger partial charge < -0.3 is 15.6 Å². The molecule has 4 heteroatoms. The first-order valence-electron chi connectivity index (χ1n) is 3.62. The summed E-state index contributed by atoms with van der Waals surface area (Å²) in [5.41, 5.74) is 5.30. The largest absolute Gasteiger partial charge is 0.480 e. The second-order valence-electron chi connectivity index (χ2n) is 2.66. The molecule has 62 valence electrons. The lowest BCUT2D eigenvalue weighted by Gasteiger charge is -2.08. The minimum atomic E-state index is -0.958. The van der Waals surface area contributed by atoms with E-state index in [4.69, 9.17) is 15.6 Å². The van der Waals surface area contributed by atoms with Crippen molar-refractivity contribution in [3.05, 3.63) is 6.42 Å². The zero-order valence-corrected chi connectivity index (χ0v) is 6.19. The minimum Gasteiger partial charge on any atom is -0.480 e. The van der Waals surface area contributed by atoms with Crippen molar-refractivity contribution in [3.63, 3.8) is 0 Å². The molecule has 0 bridgehead atoms. The molecule has 1 aliphatic rings. The fraction of sp³-hybridized carbons (Fsp3) is 0.714. The number of aliphatic carboxylic acids is 1. The van der Waals surface area contributed by atoms with Crippen LogP contribution in [0.1, 0.15) is 12.8 Å². The van der Waals surface area contributed by atoms with Gasteiger partial charge in [0.05, 0.1) is 0 Å². The highest BCUT2D eigenvalue weighted by Gasteiger charge is 2.27. The molecule has 0 unspecified atom stereocenters. The molecular formula is C7H12NO3+. The van der Waals surface area contributed by atoms with Crippen molar-refractivity contribution in [1.29, 1.82) is 0 Å². The lowest BCUT2D eigenvalue weighted by atomic mass is 10.1. The van der Waals surface area contributed by atoms with E-state index in [1.807, 2.05) is 6.42 Å². The summed E-state index contributed by atoms with van der Waals surface area (Å²) < 4.78 is 5.17. The van der Waals surface area contributed by atoms with Crippen molar-refractivity contribution in [1.82, 2.24) is 0 Å². The Labute approximate surface area is 65.3 Å². The van der Waals surface area contributed by atoms with Crippen molar-refractivity contribution in [2.75, 3.05) is 6.61 Å². The summed E-state index contributed by atoms with van der Waals surface area (Å²) in [6.07, 6.45) is 3.23. The number of ether oxygens (including phenoxy) is 1. The molecule has 1 aliphatic heterocycles. The van der Waals surface area contributed by atoms with Gasteiger partial charge in [-0.1, -0.05) is 0 Å². The molecule has 2 atom stereocenters. The van der Waals surface area contributed by atoms with Crippen LogP contribution in [0.25, 0.3) is 0 Å². The SMILES string of the molecule is N[C@@H](C[C@@H]1C[CH+]CO1)C(=O)O. The van der Waals surface area contributed by atoms with Crippen LogP contribution in [0.4, 0.5) is 0 Å². The molecule has 0 aromatic heterocycles. The molecule has 1 heterocycles. The van der Waals surface area contributed by atoms with Gasteiger partial charge in [-0.15, -0.1) is 0 Å². The number of hydrogen-bond acceptors (Lipinski definition) is 3. The van der Waals surface area contributed by atoms with Crippen LogP contribution in [-0.2, 0) is 9.53 Å². The van der Waals surface area contributed by atoms with Gasteiger partial charge in [-0.25, -0.2) is 0 Å². The smallest absolute Gasteiger partial charge is 0.320 e. The number of rotatable bonds is 3. The summed E-state index contributed by atoms with van der Waals surface area (Å²) in [5, 5.41) is 8.45. The topological polar surface area (TPSA) is 72.5 Å². The van der Waals surface area contributed by atoms with Crippen LogP contribution in [0.3, 0.4) is 0 Å². The maximum atomic E-state index is 10.3. The Morgan fingerprint density at radius 1 is 1.91 bits per heavy atom. The molecule has 3 N–H and O–H groups in total. The summed E-state index contributed by atoms with van der Waals surface area (Å²) in [6.45, 7) is 0.622. The van der Waals surface area contributed by atoms with Crippen LogP contribution in [0, 0.1) is 6.42 Å². The summed E-state index contributed by atoms with van der Waals surface area (Å²) in [7, 11) is 0. The van der Waals surface area contributed by atoms with Crippen molar-refractivity contribution >= 4 is 5.97 Å². The molecule has 4 nitrogen and oxygen atoms in total. The first-order valence-corrected chi connectivity index (χ1v) is 3.62. The molecule has 0 spiro atoms. The van der Waals surface area contributed by atoms with E-state index in [2.05, 4.69) is 0 Å². The fourth-order valence-corrected chi connectivity index (χ4v) is 1.07. The van der Waals surface area contributed by atoms with Gasteiger partial charge in [0, 0.05) is 6.42 Å². The summed E-state index contributed by atoms with van der Waals surface area (Å²) in [4.78, 5) is 10.3. The zero-order valence-electron chi connectivity index (χ0n) is 6.19. The van der Waals surface area contributed by atoms with Gasteiger partial charge in [0.1, 0.15) is 25.0 Å². The monoisotopic (exact) mass is 158 g/mol. The van der Waals surface area contributed by atoms with Gasteiger partial charge in [0.2, 0.25) is 0 Å². The predicted molar refractivity (Wildman–Crippen MR) is 38.9 cm³/mol. The van der Waals surface area contributed by atoms with Gasteiger partial charge in [0.25, 0.3) is 0 Å². The molecular weight excluding hydrogens is 146 g/mol. The highest BCUT2D eigenvalue weighted by molar-refractivity contribution is 5.73. The van der Waals surface area contributed by atoms with E-state index in [1.165, 1.54) is 0 Å². The summed E-state index contributed by atoms with van der Waals surface area (Å²) in [5.74, 6) is -0.958. The van der Waals surface area contributed by atoms with Crippen LogP contribution in [-0.4, -0.2) is 29.8 Å². The Morgan fingerprint density at radius 3 is 3.09 bits per heavy atom. The predicted octanol–water partition coefficient (Wildman–Crippen LogP) is -0.218. The van der Waals surface area contributed by atoms with Crippen LogP contribution in [0.15, 0.2) is 0 Å². The first-order chi connectivity index (χ1) is 5.20. The van der Waals surface area contributed by atoms with Crippen LogP contribution < -0.4 is 5.73 Å². The molecule has 1 rings (SSSR count). The number of nitrogens with two attached hydrogens (primary N) is 1. The standard InChI is InChI=1S/C7H11NO3/c8-6(7(9)10)4-5-2-1-3-11-5/h1,5-6H,2-4,8H2/p+1/t5-,6-/m0/s1. The molecule has 1 saturated heterocycles. The van der Waals surface area contributed by atoms with E-state index in [1.54, 1.807) is 0 Å². The van der Waals surface area contributed by atoms with Crippen molar-refractivity contribution in [2.45, 2.75) is 25.0 Å². The maximum Gasteiger partial charge on any atom is 0.320 e. The molecule has 1 fully saturated rings.